The van der Waals surface area contributed by atoms with Crippen LogP contribution in [0.5, 0.6) is 0 Å². The van der Waals surface area contributed by atoms with Crippen molar-refractivity contribution in [3.8, 4) is 11.3 Å². The van der Waals surface area contributed by atoms with E-state index in [0.717, 1.165) is 30.0 Å². The maximum atomic E-state index is 13.7. The molecule has 3 aromatic rings. The van der Waals surface area contributed by atoms with Gasteiger partial charge in [0.2, 0.25) is 5.91 Å². The van der Waals surface area contributed by atoms with Crippen LogP contribution in [0, 0.1) is 11.6 Å². The van der Waals surface area contributed by atoms with Gasteiger partial charge in [0.1, 0.15) is 16.5 Å². The van der Waals surface area contributed by atoms with Crippen LogP contribution >= 0.6 is 11.8 Å². The van der Waals surface area contributed by atoms with Crippen LogP contribution in [0.15, 0.2) is 58.7 Å². The van der Waals surface area contributed by atoms with E-state index in [1.54, 1.807) is 24.3 Å². The summed E-state index contributed by atoms with van der Waals surface area (Å²) < 4.78 is 53.5. The van der Waals surface area contributed by atoms with E-state index in [-0.39, 0.29) is 27.2 Å². The first-order chi connectivity index (χ1) is 14.3. The van der Waals surface area contributed by atoms with Crippen molar-refractivity contribution in [3.05, 3.63) is 60.3 Å². The molecule has 0 fully saturated rings. The molecule has 11 heteroatoms. The largest absolute Gasteiger partial charge is 0.323 e. The van der Waals surface area contributed by atoms with Crippen molar-refractivity contribution in [3.63, 3.8) is 0 Å². The fourth-order valence-electron chi connectivity index (χ4n) is 2.94. The van der Waals surface area contributed by atoms with Gasteiger partial charge in [0.05, 0.1) is 29.0 Å². The first kappa shape index (κ1) is 20.2. The first-order valence-corrected chi connectivity index (χ1v) is 11.0. The van der Waals surface area contributed by atoms with Crippen LogP contribution in [0.2, 0.25) is 0 Å². The Balaban J connectivity index is 1.57. The van der Waals surface area contributed by atoms with E-state index in [2.05, 4.69) is 15.3 Å². The predicted octanol–water partition coefficient (Wildman–Crippen LogP) is 3.29. The monoisotopic (exact) mass is 448 g/mol. The number of fused-ring (bicyclic) bond motifs is 3. The predicted molar refractivity (Wildman–Crippen MR) is 109 cm³/mol. The summed E-state index contributed by atoms with van der Waals surface area (Å²) in [5.41, 5.74) is 1.09. The third-order valence-corrected chi connectivity index (χ3v) is 7.04. The van der Waals surface area contributed by atoms with Crippen molar-refractivity contribution in [2.45, 2.75) is 10.1 Å². The number of halogens is 2. The molecule has 1 aliphatic rings. The zero-order valence-electron chi connectivity index (χ0n) is 15.5. The second-order valence-electron chi connectivity index (χ2n) is 6.32. The van der Waals surface area contributed by atoms with Crippen molar-refractivity contribution in [1.82, 2.24) is 9.97 Å². The number of nitrogens with zero attached hydrogens (tertiary/aromatic N) is 3. The summed E-state index contributed by atoms with van der Waals surface area (Å²) in [6, 6.07) is 9.66. The van der Waals surface area contributed by atoms with E-state index in [1.807, 2.05) is 0 Å². The second kappa shape index (κ2) is 7.65. The molecule has 1 N–H and O–H groups in total. The molecule has 4 rings (SSSR count). The standard InChI is InChI=1S/C19H14F2N4O3S2/c1-25-15-5-3-2-4-12(15)18-16(30(25,27)28)9-22-19(24-18)29-10-17(26)23-14-8-11(20)6-7-13(14)21/h2-9H,10H2,1H3,(H,23,26). The minimum atomic E-state index is -3.79. The Morgan fingerprint density at radius 2 is 1.97 bits per heavy atom. The third-order valence-electron chi connectivity index (χ3n) is 4.40. The van der Waals surface area contributed by atoms with E-state index in [0.29, 0.717) is 11.3 Å². The topological polar surface area (TPSA) is 92.3 Å². The van der Waals surface area contributed by atoms with Crippen molar-refractivity contribution >= 4 is 39.1 Å². The van der Waals surface area contributed by atoms with Gasteiger partial charge in [-0.25, -0.2) is 27.2 Å². The molecule has 0 unspecified atom stereocenters. The molecule has 30 heavy (non-hydrogen) atoms. The zero-order valence-corrected chi connectivity index (χ0v) is 17.1. The number of thioether (sulfide) groups is 1. The number of amides is 1. The Morgan fingerprint density at radius 1 is 1.20 bits per heavy atom. The zero-order chi connectivity index (χ0) is 21.5. The maximum Gasteiger partial charge on any atom is 0.267 e. The van der Waals surface area contributed by atoms with E-state index in [9.17, 15) is 22.0 Å². The molecule has 0 aliphatic carbocycles. The molecule has 1 amide bonds. The average molecular weight is 448 g/mol. The van der Waals surface area contributed by atoms with Gasteiger partial charge in [-0.2, -0.15) is 0 Å². The Labute approximate surface area is 175 Å². The summed E-state index contributed by atoms with van der Waals surface area (Å²) in [6.07, 6.45) is 1.20. The van der Waals surface area contributed by atoms with Crippen LogP contribution < -0.4 is 9.62 Å². The number of sulfonamides is 1. The first-order valence-electron chi connectivity index (χ1n) is 8.60. The lowest BCUT2D eigenvalue weighted by molar-refractivity contribution is -0.113. The maximum absolute atomic E-state index is 13.7. The number of anilines is 2. The minimum absolute atomic E-state index is 0.0284. The van der Waals surface area contributed by atoms with E-state index >= 15 is 0 Å². The van der Waals surface area contributed by atoms with Crippen LogP contribution in [0.25, 0.3) is 11.3 Å². The number of benzene rings is 2. The Kier molecular flexibility index (Phi) is 5.16. The molecular formula is C19H14F2N4O3S2. The van der Waals surface area contributed by atoms with Crippen LogP contribution in [0.3, 0.4) is 0 Å². The Bertz CT molecular complexity index is 1270. The molecule has 0 bridgehead atoms. The summed E-state index contributed by atoms with van der Waals surface area (Å²) in [5, 5.41) is 2.46. The number of para-hydroxylation sites is 1. The molecule has 0 saturated heterocycles. The van der Waals surface area contributed by atoms with Crippen molar-refractivity contribution in [2.24, 2.45) is 0 Å². The number of nitrogens with one attached hydrogen (secondary N) is 1. The molecule has 2 aromatic carbocycles. The number of carbonyl (C=O) groups is 1. The van der Waals surface area contributed by atoms with Crippen molar-refractivity contribution < 1.29 is 22.0 Å². The summed E-state index contributed by atoms with van der Waals surface area (Å²) in [7, 11) is -2.34. The van der Waals surface area contributed by atoms with Crippen LogP contribution in [-0.4, -0.2) is 37.1 Å². The highest BCUT2D eigenvalue weighted by Gasteiger charge is 2.34. The van der Waals surface area contributed by atoms with Gasteiger partial charge >= 0.3 is 0 Å². The lowest BCUT2D eigenvalue weighted by Crippen LogP contribution is -2.31. The highest BCUT2D eigenvalue weighted by molar-refractivity contribution is 7.99. The van der Waals surface area contributed by atoms with Gasteiger partial charge in [-0.3, -0.25) is 9.10 Å². The third kappa shape index (κ3) is 3.61. The number of hydrogen-bond donors (Lipinski definition) is 1. The minimum Gasteiger partial charge on any atom is -0.323 e. The molecule has 0 saturated carbocycles. The number of hydrogen-bond acceptors (Lipinski definition) is 6. The van der Waals surface area contributed by atoms with Gasteiger partial charge < -0.3 is 5.32 Å². The Morgan fingerprint density at radius 3 is 2.77 bits per heavy atom. The highest BCUT2D eigenvalue weighted by Crippen LogP contribution is 2.41. The average Bonchev–Trinajstić information content (AvgIpc) is 2.73. The molecule has 0 spiro atoms. The fraction of sp³-hybridized carbons (Fsp3) is 0.105. The van der Waals surface area contributed by atoms with Crippen LogP contribution in [-0.2, 0) is 14.8 Å². The van der Waals surface area contributed by atoms with Gasteiger partial charge in [-0.15, -0.1) is 0 Å². The van der Waals surface area contributed by atoms with Crippen molar-refractivity contribution in [1.29, 1.82) is 0 Å². The lowest BCUT2D eigenvalue weighted by Gasteiger charge is -2.28. The molecule has 7 nitrogen and oxygen atoms in total. The summed E-state index contributed by atoms with van der Waals surface area (Å²) in [4.78, 5) is 20.4. The number of carbonyl (C=O) groups excluding carboxylic acids is 1. The fourth-order valence-corrected chi connectivity index (χ4v) is 4.86. The lowest BCUT2D eigenvalue weighted by atomic mass is 10.1. The highest BCUT2D eigenvalue weighted by atomic mass is 32.2. The van der Waals surface area contributed by atoms with Gasteiger partial charge in [-0.05, 0) is 18.2 Å². The SMILES string of the molecule is CN1c2ccccc2-c2nc(SCC(=O)Nc3cc(F)ccc3F)ncc2S1(=O)=O. The second-order valence-corrected chi connectivity index (χ2v) is 9.20. The van der Waals surface area contributed by atoms with E-state index in [4.69, 9.17) is 0 Å². The Hall–Kier alpha value is -3.05. The van der Waals surface area contributed by atoms with Crippen LogP contribution in [0.1, 0.15) is 0 Å². The van der Waals surface area contributed by atoms with Gasteiger partial charge in [0.25, 0.3) is 10.0 Å². The molecule has 154 valence electrons. The molecule has 0 radical (unpaired) electrons. The van der Waals surface area contributed by atoms with Gasteiger partial charge in [0, 0.05) is 18.7 Å². The number of rotatable bonds is 4. The molecule has 1 aliphatic heterocycles. The summed E-state index contributed by atoms with van der Waals surface area (Å²) in [5.74, 6) is -2.20. The molecule has 1 aromatic heterocycles. The van der Waals surface area contributed by atoms with E-state index in [1.165, 1.54) is 17.5 Å². The smallest absolute Gasteiger partial charge is 0.267 e. The normalized spacial score (nSPS) is 14.0. The molecule has 0 atom stereocenters. The number of aromatic nitrogens is 2. The van der Waals surface area contributed by atoms with Gasteiger partial charge in [-0.1, -0.05) is 30.0 Å². The molecule has 2 heterocycles. The summed E-state index contributed by atoms with van der Waals surface area (Å²) >= 11 is 0.947. The van der Waals surface area contributed by atoms with Crippen molar-refractivity contribution in [2.75, 3.05) is 22.4 Å². The van der Waals surface area contributed by atoms with Gasteiger partial charge in [0.15, 0.2) is 5.16 Å². The van der Waals surface area contributed by atoms with E-state index < -0.39 is 27.6 Å². The van der Waals surface area contributed by atoms with Crippen LogP contribution in [0.4, 0.5) is 20.2 Å². The molecular weight excluding hydrogens is 434 g/mol. The quantitative estimate of drug-likeness (QED) is 0.486. The summed E-state index contributed by atoms with van der Waals surface area (Å²) in [6.45, 7) is 0.